The van der Waals surface area contributed by atoms with Crippen LogP contribution in [0.2, 0.25) is 0 Å². The monoisotopic (exact) mass is 190 g/mol. The van der Waals surface area contributed by atoms with Gasteiger partial charge in [0.2, 0.25) is 0 Å². The van der Waals surface area contributed by atoms with Crippen molar-refractivity contribution in [2.45, 2.75) is 25.3 Å². The van der Waals surface area contributed by atoms with Crippen molar-refractivity contribution < 1.29 is 0 Å². The molecule has 0 saturated carbocycles. The summed E-state index contributed by atoms with van der Waals surface area (Å²) in [6, 6.07) is 7.10. The molecule has 0 radical (unpaired) electrons. The van der Waals surface area contributed by atoms with E-state index in [1.807, 2.05) is 14.1 Å². The minimum absolute atomic E-state index is 0.548. The molecule has 76 valence electrons. The molecule has 1 aliphatic rings. The van der Waals surface area contributed by atoms with Crippen molar-refractivity contribution in [3.63, 3.8) is 0 Å². The fraction of sp³-hybridized carbons (Fsp3) is 0.500. The van der Waals surface area contributed by atoms with E-state index in [4.69, 9.17) is 0 Å². The third-order valence-corrected chi connectivity index (χ3v) is 3.13. The molecule has 0 saturated heterocycles. The number of fused-ring (bicyclic) bond motifs is 1. The van der Waals surface area contributed by atoms with Gasteiger partial charge in [0.05, 0.1) is 0 Å². The molecule has 2 nitrogen and oxygen atoms in total. The zero-order chi connectivity index (χ0) is 9.97. The van der Waals surface area contributed by atoms with Gasteiger partial charge in [0.25, 0.3) is 0 Å². The van der Waals surface area contributed by atoms with Gasteiger partial charge in [0.15, 0.2) is 0 Å². The highest BCUT2D eigenvalue weighted by atomic mass is 14.9. The number of nitrogens with one attached hydrogen (secondary N) is 2. The van der Waals surface area contributed by atoms with Gasteiger partial charge in [-0.05, 0) is 43.5 Å². The Labute approximate surface area is 85.7 Å². The minimum Gasteiger partial charge on any atom is -0.388 e. The summed E-state index contributed by atoms with van der Waals surface area (Å²) < 4.78 is 0. The predicted molar refractivity (Wildman–Crippen MR) is 60.7 cm³/mol. The van der Waals surface area contributed by atoms with Crippen LogP contribution in [0.5, 0.6) is 0 Å². The normalized spacial score (nSPS) is 20.3. The smallest absolute Gasteiger partial charge is 0.0373 e. The first kappa shape index (κ1) is 9.53. The lowest BCUT2D eigenvalue weighted by Crippen LogP contribution is -2.22. The molecule has 0 bridgehead atoms. The van der Waals surface area contributed by atoms with Crippen LogP contribution in [0.15, 0.2) is 18.2 Å². The standard InChI is InChI=1S/C12H18N2/c1-13-11-7-3-6-10-9(11)5-4-8-12(10)14-2/h3,6-7,12-14H,4-5,8H2,1-2H3. The van der Waals surface area contributed by atoms with E-state index in [0.29, 0.717) is 6.04 Å². The van der Waals surface area contributed by atoms with Crippen LogP contribution in [0.4, 0.5) is 5.69 Å². The van der Waals surface area contributed by atoms with Crippen molar-refractivity contribution in [2.75, 3.05) is 19.4 Å². The van der Waals surface area contributed by atoms with Crippen LogP contribution in [0, 0.1) is 0 Å². The maximum Gasteiger partial charge on any atom is 0.0373 e. The van der Waals surface area contributed by atoms with E-state index >= 15 is 0 Å². The number of rotatable bonds is 2. The summed E-state index contributed by atoms with van der Waals surface area (Å²) in [5.41, 5.74) is 4.27. The van der Waals surface area contributed by atoms with Crippen LogP contribution in [-0.4, -0.2) is 14.1 Å². The summed E-state index contributed by atoms with van der Waals surface area (Å²) in [6.45, 7) is 0. The molecule has 1 atom stereocenters. The minimum atomic E-state index is 0.548. The number of hydrogen-bond acceptors (Lipinski definition) is 2. The fourth-order valence-electron chi connectivity index (χ4n) is 2.38. The summed E-state index contributed by atoms with van der Waals surface area (Å²) in [6.07, 6.45) is 3.76. The third-order valence-electron chi connectivity index (χ3n) is 3.13. The second-order valence-corrected chi connectivity index (χ2v) is 3.86. The van der Waals surface area contributed by atoms with E-state index in [-0.39, 0.29) is 0 Å². The molecule has 0 aliphatic heterocycles. The molecule has 1 aliphatic carbocycles. The summed E-state index contributed by atoms with van der Waals surface area (Å²) in [5, 5.41) is 6.66. The molecular formula is C12H18N2. The molecule has 0 heterocycles. The van der Waals surface area contributed by atoms with Gasteiger partial charge in [0.1, 0.15) is 0 Å². The molecule has 1 aromatic carbocycles. The van der Waals surface area contributed by atoms with Crippen molar-refractivity contribution in [3.05, 3.63) is 29.3 Å². The predicted octanol–water partition coefficient (Wildman–Crippen LogP) is 2.33. The van der Waals surface area contributed by atoms with Crippen molar-refractivity contribution >= 4 is 5.69 Å². The number of anilines is 1. The maximum absolute atomic E-state index is 3.38. The SMILES string of the molecule is CNc1cccc2c1CCCC2NC. The van der Waals surface area contributed by atoms with Crippen LogP contribution in [0.1, 0.15) is 30.0 Å². The highest BCUT2D eigenvalue weighted by Crippen LogP contribution is 2.33. The Bertz CT molecular complexity index is 320. The van der Waals surface area contributed by atoms with Crippen LogP contribution >= 0.6 is 0 Å². The number of benzene rings is 1. The first-order valence-corrected chi connectivity index (χ1v) is 5.33. The van der Waals surface area contributed by atoms with Crippen molar-refractivity contribution in [2.24, 2.45) is 0 Å². The topological polar surface area (TPSA) is 24.1 Å². The Hall–Kier alpha value is -1.02. The lowest BCUT2D eigenvalue weighted by molar-refractivity contribution is 0.497. The van der Waals surface area contributed by atoms with E-state index in [9.17, 15) is 0 Å². The van der Waals surface area contributed by atoms with Crippen LogP contribution in [0.25, 0.3) is 0 Å². The lowest BCUT2D eigenvalue weighted by Gasteiger charge is -2.26. The first-order chi connectivity index (χ1) is 6.86. The second kappa shape index (κ2) is 4.01. The Morgan fingerprint density at radius 2 is 2.14 bits per heavy atom. The van der Waals surface area contributed by atoms with Gasteiger partial charge in [-0.25, -0.2) is 0 Å². The quantitative estimate of drug-likeness (QED) is 0.748. The molecule has 0 spiro atoms. The van der Waals surface area contributed by atoms with Crippen molar-refractivity contribution in [1.82, 2.24) is 5.32 Å². The van der Waals surface area contributed by atoms with Crippen LogP contribution in [-0.2, 0) is 6.42 Å². The Kier molecular flexibility index (Phi) is 2.73. The first-order valence-electron chi connectivity index (χ1n) is 5.33. The van der Waals surface area contributed by atoms with Gasteiger partial charge in [-0.1, -0.05) is 12.1 Å². The maximum atomic E-state index is 3.38. The Morgan fingerprint density at radius 3 is 2.86 bits per heavy atom. The average Bonchev–Trinajstić information content (AvgIpc) is 2.27. The average molecular weight is 190 g/mol. The molecule has 2 rings (SSSR count). The van der Waals surface area contributed by atoms with Gasteiger partial charge in [0, 0.05) is 18.8 Å². The van der Waals surface area contributed by atoms with E-state index in [1.54, 1.807) is 0 Å². The molecule has 14 heavy (non-hydrogen) atoms. The van der Waals surface area contributed by atoms with E-state index < -0.39 is 0 Å². The summed E-state index contributed by atoms with van der Waals surface area (Å²) >= 11 is 0. The Morgan fingerprint density at radius 1 is 1.29 bits per heavy atom. The van der Waals surface area contributed by atoms with E-state index in [2.05, 4.69) is 28.8 Å². The van der Waals surface area contributed by atoms with Gasteiger partial charge < -0.3 is 10.6 Å². The molecule has 0 fully saturated rings. The fourth-order valence-corrected chi connectivity index (χ4v) is 2.38. The van der Waals surface area contributed by atoms with Crippen LogP contribution in [0.3, 0.4) is 0 Å². The summed E-state index contributed by atoms with van der Waals surface area (Å²) in [4.78, 5) is 0. The molecule has 1 unspecified atom stereocenters. The third kappa shape index (κ3) is 1.50. The highest BCUT2D eigenvalue weighted by molar-refractivity contribution is 5.56. The zero-order valence-electron chi connectivity index (χ0n) is 8.93. The van der Waals surface area contributed by atoms with Gasteiger partial charge in [-0.2, -0.15) is 0 Å². The second-order valence-electron chi connectivity index (χ2n) is 3.86. The molecule has 2 N–H and O–H groups in total. The number of hydrogen-bond donors (Lipinski definition) is 2. The van der Waals surface area contributed by atoms with Gasteiger partial charge in [-0.3, -0.25) is 0 Å². The van der Waals surface area contributed by atoms with Gasteiger partial charge >= 0.3 is 0 Å². The summed E-state index contributed by atoms with van der Waals surface area (Å²) in [7, 11) is 4.05. The van der Waals surface area contributed by atoms with Gasteiger partial charge in [-0.15, -0.1) is 0 Å². The van der Waals surface area contributed by atoms with Crippen LogP contribution < -0.4 is 10.6 Å². The molecule has 0 amide bonds. The Balaban J connectivity index is 2.43. The summed E-state index contributed by atoms with van der Waals surface area (Å²) in [5.74, 6) is 0. The zero-order valence-corrected chi connectivity index (χ0v) is 8.93. The lowest BCUT2D eigenvalue weighted by atomic mass is 9.86. The highest BCUT2D eigenvalue weighted by Gasteiger charge is 2.19. The largest absolute Gasteiger partial charge is 0.388 e. The molecule has 2 heteroatoms. The van der Waals surface area contributed by atoms with E-state index in [1.165, 1.54) is 36.1 Å². The van der Waals surface area contributed by atoms with Crippen molar-refractivity contribution in [1.29, 1.82) is 0 Å². The van der Waals surface area contributed by atoms with Crippen molar-refractivity contribution in [3.8, 4) is 0 Å². The molecular weight excluding hydrogens is 172 g/mol. The van der Waals surface area contributed by atoms with E-state index in [0.717, 1.165) is 0 Å². The molecule has 0 aromatic heterocycles. The molecule has 1 aromatic rings.